The molecule has 0 amide bonds. The van der Waals surface area contributed by atoms with Crippen LogP contribution >= 0.6 is 22.9 Å². The number of aryl methyl sites for hydroxylation is 2. The van der Waals surface area contributed by atoms with Gasteiger partial charge in [-0.2, -0.15) is 0 Å². The highest BCUT2D eigenvalue weighted by Gasteiger charge is 2.12. The van der Waals surface area contributed by atoms with Crippen molar-refractivity contribution in [1.29, 1.82) is 0 Å². The number of pyridine rings is 1. The Hall–Kier alpha value is -1.46. The Morgan fingerprint density at radius 2 is 2.21 bits per heavy atom. The SMILES string of the molecule is Cc1ccc2nc(CCCl)n(Cc3cncs3)c2n1. The molecule has 98 valence electrons. The van der Waals surface area contributed by atoms with Crippen molar-refractivity contribution in [1.82, 2.24) is 19.5 Å². The van der Waals surface area contributed by atoms with Gasteiger partial charge in [0.05, 0.1) is 12.1 Å². The molecule has 3 rings (SSSR count). The lowest BCUT2D eigenvalue weighted by molar-refractivity contribution is 0.754. The first-order valence-electron chi connectivity index (χ1n) is 6.04. The van der Waals surface area contributed by atoms with E-state index >= 15 is 0 Å². The van der Waals surface area contributed by atoms with Crippen molar-refractivity contribution >= 4 is 34.1 Å². The Morgan fingerprint density at radius 3 is 2.95 bits per heavy atom. The zero-order chi connectivity index (χ0) is 13.2. The number of halogens is 1. The van der Waals surface area contributed by atoms with E-state index in [1.807, 2.05) is 30.8 Å². The number of rotatable bonds is 4. The highest BCUT2D eigenvalue weighted by atomic mass is 35.5. The van der Waals surface area contributed by atoms with Gasteiger partial charge in [-0.15, -0.1) is 22.9 Å². The predicted molar refractivity (Wildman–Crippen MR) is 77.9 cm³/mol. The number of nitrogens with zero attached hydrogens (tertiary/aromatic N) is 4. The molecule has 19 heavy (non-hydrogen) atoms. The minimum Gasteiger partial charge on any atom is -0.307 e. The van der Waals surface area contributed by atoms with Gasteiger partial charge in [0.25, 0.3) is 0 Å². The molecule has 0 bridgehead atoms. The number of aromatic nitrogens is 4. The molecule has 4 nitrogen and oxygen atoms in total. The van der Waals surface area contributed by atoms with E-state index in [4.69, 9.17) is 11.6 Å². The van der Waals surface area contributed by atoms with Gasteiger partial charge in [-0.1, -0.05) is 0 Å². The minimum atomic E-state index is 0.561. The molecular formula is C13H13ClN4S. The molecule has 0 unspecified atom stereocenters. The standard InChI is InChI=1S/C13H13ClN4S/c1-9-2-3-11-13(16-9)18(12(17-11)4-5-14)7-10-6-15-8-19-10/h2-3,6,8H,4-5,7H2,1H3. The Balaban J connectivity index is 2.12. The van der Waals surface area contributed by atoms with Crippen LogP contribution in [-0.2, 0) is 13.0 Å². The maximum atomic E-state index is 5.87. The molecule has 0 aliphatic heterocycles. The molecule has 0 saturated carbocycles. The van der Waals surface area contributed by atoms with E-state index in [-0.39, 0.29) is 0 Å². The number of thiazole rings is 1. The van der Waals surface area contributed by atoms with Crippen LogP contribution in [-0.4, -0.2) is 25.4 Å². The monoisotopic (exact) mass is 292 g/mol. The lowest BCUT2D eigenvalue weighted by Gasteiger charge is -2.06. The highest BCUT2D eigenvalue weighted by molar-refractivity contribution is 7.09. The van der Waals surface area contributed by atoms with Crippen molar-refractivity contribution in [2.75, 3.05) is 5.88 Å². The number of fused-ring (bicyclic) bond motifs is 1. The molecule has 0 spiro atoms. The summed E-state index contributed by atoms with van der Waals surface area (Å²) in [6.07, 6.45) is 2.63. The van der Waals surface area contributed by atoms with Crippen LogP contribution in [0.4, 0.5) is 0 Å². The van der Waals surface area contributed by atoms with Gasteiger partial charge in [0, 0.05) is 29.1 Å². The molecule has 0 N–H and O–H groups in total. The van der Waals surface area contributed by atoms with Crippen LogP contribution in [0.25, 0.3) is 11.2 Å². The zero-order valence-electron chi connectivity index (χ0n) is 10.5. The number of imidazole rings is 1. The van der Waals surface area contributed by atoms with Gasteiger partial charge in [0.2, 0.25) is 0 Å². The van der Waals surface area contributed by atoms with Crippen LogP contribution in [0.5, 0.6) is 0 Å². The van der Waals surface area contributed by atoms with Crippen molar-refractivity contribution < 1.29 is 0 Å². The molecule has 3 aromatic rings. The Bertz CT molecular complexity index is 690. The summed E-state index contributed by atoms with van der Waals surface area (Å²) in [5, 5.41) is 0. The summed E-state index contributed by atoms with van der Waals surface area (Å²) in [6.45, 7) is 2.74. The first kappa shape index (κ1) is 12.6. The van der Waals surface area contributed by atoms with Crippen molar-refractivity contribution in [2.24, 2.45) is 0 Å². The second kappa shape index (κ2) is 5.27. The fourth-order valence-electron chi connectivity index (χ4n) is 2.06. The lowest BCUT2D eigenvalue weighted by Crippen LogP contribution is -2.06. The molecule has 0 fully saturated rings. The Labute approximate surface area is 120 Å². The molecule has 0 atom stereocenters. The number of hydrogen-bond acceptors (Lipinski definition) is 4. The van der Waals surface area contributed by atoms with Gasteiger partial charge in [-0.25, -0.2) is 9.97 Å². The largest absolute Gasteiger partial charge is 0.307 e. The van der Waals surface area contributed by atoms with Crippen molar-refractivity contribution in [2.45, 2.75) is 19.9 Å². The molecule has 0 aliphatic rings. The third-order valence-corrected chi connectivity index (χ3v) is 3.88. The minimum absolute atomic E-state index is 0.561. The lowest BCUT2D eigenvalue weighted by atomic mass is 10.3. The smallest absolute Gasteiger partial charge is 0.160 e. The normalized spacial score (nSPS) is 11.3. The average Bonchev–Trinajstić information content (AvgIpc) is 3.00. The third-order valence-electron chi connectivity index (χ3n) is 2.93. The average molecular weight is 293 g/mol. The molecule has 0 aliphatic carbocycles. The molecule has 0 radical (unpaired) electrons. The van der Waals surface area contributed by atoms with Crippen LogP contribution in [0, 0.1) is 6.92 Å². The van der Waals surface area contributed by atoms with E-state index in [0.29, 0.717) is 5.88 Å². The first-order valence-corrected chi connectivity index (χ1v) is 7.45. The molecule has 3 heterocycles. The maximum absolute atomic E-state index is 5.87. The number of hydrogen-bond donors (Lipinski definition) is 0. The van der Waals surface area contributed by atoms with Crippen LogP contribution in [0.1, 0.15) is 16.4 Å². The van der Waals surface area contributed by atoms with E-state index in [1.165, 1.54) is 4.88 Å². The fraction of sp³-hybridized carbons (Fsp3) is 0.308. The molecule has 3 aromatic heterocycles. The van der Waals surface area contributed by atoms with Crippen molar-refractivity contribution in [3.8, 4) is 0 Å². The van der Waals surface area contributed by atoms with Crippen LogP contribution < -0.4 is 0 Å². The summed E-state index contributed by atoms with van der Waals surface area (Å²) in [5.41, 5.74) is 4.69. The van der Waals surface area contributed by atoms with Crippen molar-refractivity contribution in [3.63, 3.8) is 0 Å². The van der Waals surface area contributed by atoms with Gasteiger partial charge >= 0.3 is 0 Å². The molecule has 0 saturated heterocycles. The summed E-state index contributed by atoms with van der Waals surface area (Å²) in [5.74, 6) is 1.54. The van der Waals surface area contributed by atoms with Gasteiger partial charge < -0.3 is 4.57 Å². The van der Waals surface area contributed by atoms with E-state index < -0.39 is 0 Å². The van der Waals surface area contributed by atoms with Gasteiger partial charge in [-0.3, -0.25) is 4.98 Å². The van der Waals surface area contributed by atoms with E-state index in [9.17, 15) is 0 Å². The number of alkyl halides is 1. The summed E-state index contributed by atoms with van der Waals surface area (Å²) >= 11 is 7.51. The topological polar surface area (TPSA) is 43.6 Å². The maximum Gasteiger partial charge on any atom is 0.160 e. The quantitative estimate of drug-likeness (QED) is 0.694. The van der Waals surface area contributed by atoms with E-state index in [0.717, 1.165) is 35.6 Å². The molecular weight excluding hydrogens is 280 g/mol. The first-order chi connectivity index (χ1) is 9.28. The Kier molecular flexibility index (Phi) is 3.48. The van der Waals surface area contributed by atoms with Crippen LogP contribution in [0.3, 0.4) is 0 Å². The summed E-state index contributed by atoms with van der Waals surface area (Å²) < 4.78 is 2.14. The summed E-state index contributed by atoms with van der Waals surface area (Å²) in [4.78, 5) is 14.5. The van der Waals surface area contributed by atoms with E-state index in [1.54, 1.807) is 11.3 Å². The highest BCUT2D eigenvalue weighted by Crippen LogP contribution is 2.19. The Morgan fingerprint density at radius 1 is 1.32 bits per heavy atom. The fourth-order valence-corrected chi connectivity index (χ4v) is 2.81. The van der Waals surface area contributed by atoms with Gasteiger partial charge in [0.15, 0.2) is 5.65 Å². The predicted octanol–water partition coefficient (Wildman–Crippen LogP) is 3.03. The van der Waals surface area contributed by atoms with Gasteiger partial charge in [0.1, 0.15) is 11.3 Å². The van der Waals surface area contributed by atoms with Crippen LogP contribution in [0.15, 0.2) is 23.8 Å². The summed E-state index contributed by atoms with van der Waals surface area (Å²) in [7, 11) is 0. The van der Waals surface area contributed by atoms with Crippen molar-refractivity contribution in [3.05, 3.63) is 40.2 Å². The molecule has 6 heteroatoms. The van der Waals surface area contributed by atoms with E-state index in [2.05, 4.69) is 19.5 Å². The summed E-state index contributed by atoms with van der Waals surface area (Å²) in [6, 6.07) is 4.00. The van der Waals surface area contributed by atoms with Gasteiger partial charge in [-0.05, 0) is 19.1 Å². The second-order valence-corrected chi connectivity index (χ2v) is 5.67. The molecule has 0 aromatic carbocycles. The third kappa shape index (κ3) is 2.48. The second-order valence-electron chi connectivity index (χ2n) is 4.32. The zero-order valence-corrected chi connectivity index (χ0v) is 12.1. The van der Waals surface area contributed by atoms with Crippen LogP contribution in [0.2, 0.25) is 0 Å².